The molecule has 28 heavy (non-hydrogen) atoms. The van der Waals surface area contributed by atoms with Crippen LogP contribution in [0, 0.1) is 0 Å². The lowest BCUT2D eigenvalue weighted by Gasteiger charge is -2.33. The van der Waals surface area contributed by atoms with Crippen molar-refractivity contribution in [1.29, 1.82) is 0 Å². The Morgan fingerprint density at radius 2 is 1.86 bits per heavy atom. The van der Waals surface area contributed by atoms with Crippen LogP contribution in [0.4, 0.5) is 11.4 Å². The van der Waals surface area contributed by atoms with Crippen molar-refractivity contribution in [2.24, 2.45) is 0 Å². The van der Waals surface area contributed by atoms with Crippen molar-refractivity contribution in [3.05, 3.63) is 54.6 Å². The predicted octanol–water partition coefficient (Wildman–Crippen LogP) is 1.86. The second kappa shape index (κ2) is 8.52. The molecule has 0 aliphatic carbocycles. The lowest BCUT2D eigenvalue weighted by Crippen LogP contribution is -2.50. The lowest BCUT2D eigenvalue weighted by molar-refractivity contribution is -0.127. The molecule has 0 saturated carbocycles. The number of nitrogens with one attached hydrogen (secondary N) is 1. The van der Waals surface area contributed by atoms with Crippen LogP contribution in [-0.2, 0) is 14.8 Å². The van der Waals surface area contributed by atoms with E-state index < -0.39 is 16.1 Å². The minimum atomic E-state index is -3.51. The molecule has 1 aliphatic rings. The second-order valence-corrected chi connectivity index (χ2v) is 8.68. The highest BCUT2D eigenvalue weighted by Gasteiger charge is 2.34. The number of ether oxygens (including phenoxy) is 1. The largest absolute Gasteiger partial charge is 0.476 e. The number of carbonyl (C=O) groups excluding carboxylic acids is 1. The van der Waals surface area contributed by atoms with Crippen molar-refractivity contribution < 1.29 is 17.9 Å². The topological polar surface area (TPSA) is 79.0 Å². The van der Waals surface area contributed by atoms with Crippen LogP contribution in [0.25, 0.3) is 0 Å². The van der Waals surface area contributed by atoms with Gasteiger partial charge in [0.05, 0.1) is 18.5 Å². The number of rotatable bonds is 7. The Balaban J connectivity index is 1.55. The number of hydrogen-bond donors (Lipinski definition) is 1. The SMILES string of the molecule is CN(CCCNC(=O)C1CN(S(C)(=O)=O)c2ccccc2O1)c1ccccc1. The number of fused-ring (bicyclic) bond motifs is 1. The van der Waals surface area contributed by atoms with Gasteiger partial charge in [0.15, 0.2) is 6.10 Å². The highest BCUT2D eigenvalue weighted by atomic mass is 32.2. The van der Waals surface area contributed by atoms with Gasteiger partial charge < -0.3 is 15.0 Å². The summed E-state index contributed by atoms with van der Waals surface area (Å²) >= 11 is 0. The number of hydrogen-bond acceptors (Lipinski definition) is 5. The van der Waals surface area contributed by atoms with E-state index in [9.17, 15) is 13.2 Å². The molecule has 1 amide bonds. The van der Waals surface area contributed by atoms with Gasteiger partial charge in [0.2, 0.25) is 10.0 Å². The van der Waals surface area contributed by atoms with E-state index in [-0.39, 0.29) is 12.5 Å². The van der Waals surface area contributed by atoms with Gasteiger partial charge >= 0.3 is 0 Å². The van der Waals surface area contributed by atoms with Gasteiger partial charge in [-0.1, -0.05) is 30.3 Å². The van der Waals surface area contributed by atoms with E-state index >= 15 is 0 Å². The summed E-state index contributed by atoms with van der Waals surface area (Å²) in [5.74, 6) is 0.0775. The maximum absolute atomic E-state index is 12.5. The molecule has 1 aliphatic heterocycles. The Bertz CT molecular complexity index is 918. The summed E-state index contributed by atoms with van der Waals surface area (Å²) in [6.07, 6.45) is 1.01. The van der Waals surface area contributed by atoms with Crippen molar-refractivity contribution in [2.45, 2.75) is 12.5 Å². The van der Waals surface area contributed by atoms with E-state index in [2.05, 4.69) is 10.2 Å². The Hall–Kier alpha value is -2.74. The zero-order chi connectivity index (χ0) is 20.1. The molecule has 0 bridgehead atoms. The molecule has 1 heterocycles. The minimum absolute atomic E-state index is 0.0361. The zero-order valence-electron chi connectivity index (χ0n) is 16.0. The van der Waals surface area contributed by atoms with E-state index in [1.165, 1.54) is 4.31 Å². The summed E-state index contributed by atoms with van der Waals surface area (Å²) < 4.78 is 31.2. The molecule has 3 rings (SSSR count). The molecule has 2 aromatic rings. The number of sulfonamides is 1. The van der Waals surface area contributed by atoms with Crippen molar-refractivity contribution in [3.63, 3.8) is 0 Å². The second-order valence-electron chi connectivity index (χ2n) is 6.77. The number of benzene rings is 2. The van der Waals surface area contributed by atoms with Gasteiger partial charge in [-0.25, -0.2) is 8.42 Å². The average Bonchev–Trinajstić information content (AvgIpc) is 2.70. The molecule has 0 saturated heterocycles. The molecule has 0 fully saturated rings. The Morgan fingerprint density at radius 3 is 2.57 bits per heavy atom. The molecular formula is C20H25N3O4S. The summed E-state index contributed by atoms with van der Waals surface area (Å²) in [6.45, 7) is 1.23. The first-order valence-corrected chi connectivity index (χ1v) is 11.0. The van der Waals surface area contributed by atoms with Gasteiger partial charge in [-0.15, -0.1) is 0 Å². The van der Waals surface area contributed by atoms with Crippen LogP contribution < -0.4 is 19.3 Å². The normalized spacial score (nSPS) is 16.1. The predicted molar refractivity (Wildman–Crippen MR) is 110 cm³/mol. The highest BCUT2D eigenvalue weighted by molar-refractivity contribution is 7.92. The quantitative estimate of drug-likeness (QED) is 0.714. The van der Waals surface area contributed by atoms with Crippen molar-refractivity contribution >= 4 is 27.3 Å². The Labute approximate surface area is 166 Å². The number of nitrogens with zero attached hydrogens (tertiary/aromatic N) is 2. The smallest absolute Gasteiger partial charge is 0.263 e. The summed E-state index contributed by atoms with van der Waals surface area (Å²) in [7, 11) is -1.50. The van der Waals surface area contributed by atoms with Crippen LogP contribution in [0.1, 0.15) is 6.42 Å². The molecule has 8 heteroatoms. The Morgan fingerprint density at radius 1 is 1.18 bits per heavy atom. The fourth-order valence-corrected chi connectivity index (χ4v) is 4.02. The molecule has 1 atom stereocenters. The Kier molecular flexibility index (Phi) is 6.08. The fraction of sp³-hybridized carbons (Fsp3) is 0.350. The van der Waals surface area contributed by atoms with Crippen molar-refractivity contribution in [1.82, 2.24) is 5.32 Å². The monoisotopic (exact) mass is 403 g/mol. The first-order chi connectivity index (χ1) is 13.4. The number of amides is 1. The molecule has 7 nitrogen and oxygen atoms in total. The van der Waals surface area contributed by atoms with E-state index in [0.29, 0.717) is 18.0 Å². The van der Waals surface area contributed by atoms with Gasteiger partial charge in [0.25, 0.3) is 5.91 Å². The van der Waals surface area contributed by atoms with Crippen molar-refractivity contribution in [2.75, 3.05) is 42.1 Å². The van der Waals surface area contributed by atoms with Gasteiger partial charge in [0, 0.05) is 25.8 Å². The third-order valence-electron chi connectivity index (χ3n) is 4.59. The maximum atomic E-state index is 12.5. The first-order valence-electron chi connectivity index (χ1n) is 9.13. The third kappa shape index (κ3) is 4.75. The van der Waals surface area contributed by atoms with Crippen LogP contribution in [0.3, 0.4) is 0 Å². The molecule has 0 radical (unpaired) electrons. The average molecular weight is 404 g/mol. The number of carbonyl (C=O) groups is 1. The lowest BCUT2D eigenvalue weighted by atomic mass is 10.2. The van der Waals surface area contributed by atoms with Crippen LogP contribution in [0.5, 0.6) is 5.75 Å². The minimum Gasteiger partial charge on any atom is -0.476 e. The van der Waals surface area contributed by atoms with E-state index in [1.54, 1.807) is 24.3 Å². The molecule has 1 N–H and O–H groups in total. The first kappa shape index (κ1) is 20.0. The number of anilines is 2. The van der Waals surface area contributed by atoms with Gasteiger partial charge in [-0.05, 0) is 30.7 Å². The van der Waals surface area contributed by atoms with E-state index in [4.69, 9.17) is 4.74 Å². The molecule has 0 aromatic heterocycles. The fourth-order valence-electron chi connectivity index (χ4n) is 3.11. The molecular weight excluding hydrogens is 378 g/mol. The zero-order valence-corrected chi connectivity index (χ0v) is 16.9. The van der Waals surface area contributed by atoms with Crippen LogP contribution in [0.2, 0.25) is 0 Å². The van der Waals surface area contributed by atoms with E-state index in [1.807, 2.05) is 37.4 Å². The van der Waals surface area contributed by atoms with Gasteiger partial charge in [-0.3, -0.25) is 9.10 Å². The van der Waals surface area contributed by atoms with Crippen LogP contribution >= 0.6 is 0 Å². The van der Waals surface area contributed by atoms with Gasteiger partial charge in [0.1, 0.15) is 5.75 Å². The van der Waals surface area contributed by atoms with Crippen LogP contribution in [0.15, 0.2) is 54.6 Å². The number of para-hydroxylation sites is 3. The molecule has 2 aromatic carbocycles. The summed E-state index contributed by atoms with van der Waals surface area (Å²) in [6, 6.07) is 16.8. The van der Waals surface area contributed by atoms with Crippen molar-refractivity contribution in [3.8, 4) is 5.75 Å². The third-order valence-corrected chi connectivity index (χ3v) is 5.74. The summed E-state index contributed by atoms with van der Waals surface area (Å²) in [5, 5.41) is 2.85. The standard InChI is InChI=1S/C20H25N3O4S/c1-22(16-9-4-3-5-10-16)14-8-13-21-20(24)19-15-23(28(2,25)26)17-11-6-7-12-18(17)27-19/h3-7,9-12,19H,8,13-15H2,1-2H3,(H,21,24). The summed E-state index contributed by atoms with van der Waals surface area (Å²) in [4.78, 5) is 14.6. The van der Waals surface area contributed by atoms with Gasteiger partial charge in [-0.2, -0.15) is 0 Å². The summed E-state index contributed by atoms with van der Waals surface area (Å²) in [5.41, 5.74) is 1.57. The molecule has 0 spiro atoms. The molecule has 1 unspecified atom stereocenters. The maximum Gasteiger partial charge on any atom is 0.263 e. The highest BCUT2D eigenvalue weighted by Crippen LogP contribution is 2.34. The van der Waals surface area contributed by atoms with E-state index in [0.717, 1.165) is 24.9 Å². The van der Waals surface area contributed by atoms with Crippen LogP contribution in [-0.4, -0.2) is 53.4 Å². The molecule has 150 valence electrons.